The lowest BCUT2D eigenvalue weighted by Crippen LogP contribution is -2.45. The summed E-state index contributed by atoms with van der Waals surface area (Å²) in [5.41, 5.74) is 1.48. The van der Waals surface area contributed by atoms with Crippen LogP contribution in [0.3, 0.4) is 0 Å². The van der Waals surface area contributed by atoms with Gasteiger partial charge in [0.25, 0.3) is 0 Å². The molecule has 0 bridgehead atoms. The van der Waals surface area contributed by atoms with Gasteiger partial charge >= 0.3 is 5.97 Å². The lowest BCUT2D eigenvalue weighted by Gasteiger charge is -2.42. The van der Waals surface area contributed by atoms with Gasteiger partial charge in [0.15, 0.2) is 0 Å². The molecule has 1 aromatic rings. The maximum absolute atomic E-state index is 10.8. The summed E-state index contributed by atoms with van der Waals surface area (Å²) in [7, 11) is 0. The standard InChI is InChI=1S/C15H21NO2/c1-10-8-11(2)12(3)16(9-10)14-6-4-13(5-7-14)15(17)18/h4-7,10-12H,8-9H2,1-3H3,(H,17,18). The number of carboxylic acid groups (broad SMARTS) is 1. The van der Waals surface area contributed by atoms with Crippen LogP contribution in [0.5, 0.6) is 0 Å². The second-order valence-electron chi connectivity index (χ2n) is 5.56. The highest BCUT2D eigenvalue weighted by molar-refractivity contribution is 5.88. The molecule has 18 heavy (non-hydrogen) atoms. The number of anilines is 1. The Morgan fingerprint density at radius 3 is 2.39 bits per heavy atom. The number of hydrogen-bond acceptors (Lipinski definition) is 2. The van der Waals surface area contributed by atoms with Crippen molar-refractivity contribution in [3.63, 3.8) is 0 Å². The van der Waals surface area contributed by atoms with E-state index in [0.717, 1.165) is 12.2 Å². The van der Waals surface area contributed by atoms with Gasteiger partial charge in [-0.25, -0.2) is 4.79 Å². The first-order chi connectivity index (χ1) is 8.49. The van der Waals surface area contributed by atoms with Crippen molar-refractivity contribution in [3.05, 3.63) is 29.8 Å². The molecule has 1 fully saturated rings. The predicted octanol–water partition coefficient (Wildman–Crippen LogP) is 3.26. The molecule has 3 heteroatoms. The Kier molecular flexibility index (Phi) is 3.60. The monoisotopic (exact) mass is 247 g/mol. The summed E-state index contributed by atoms with van der Waals surface area (Å²) in [4.78, 5) is 13.2. The molecule has 2 rings (SSSR count). The molecule has 1 N–H and O–H groups in total. The van der Waals surface area contributed by atoms with Crippen LogP contribution in [0.15, 0.2) is 24.3 Å². The molecule has 1 aromatic carbocycles. The van der Waals surface area contributed by atoms with Gasteiger partial charge in [0.05, 0.1) is 5.56 Å². The van der Waals surface area contributed by atoms with Crippen molar-refractivity contribution >= 4 is 11.7 Å². The summed E-state index contributed by atoms with van der Waals surface area (Å²) in [6, 6.07) is 7.73. The van der Waals surface area contributed by atoms with E-state index in [-0.39, 0.29) is 0 Å². The number of carboxylic acids is 1. The topological polar surface area (TPSA) is 40.5 Å². The second-order valence-corrected chi connectivity index (χ2v) is 5.56. The highest BCUT2D eigenvalue weighted by atomic mass is 16.4. The van der Waals surface area contributed by atoms with Gasteiger partial charge in [0.1, 0.15) is 0 Å². The summed E-state index contributed by atoms with van der Waals surface area (Å²) in [6.07, 6.45) is 1.27. The smallest absolute Gasteiger partial charge is 0.335 e. The van der Waals surface area contributed by atoms with Crippen molar-refractivity contribution in [2.45, 2.75) is 33.2 Å². The van der Waals surface area contributed by atoms with Crippen LogP contribution < -0.4 is 4.90 Å². The van der Waals surface area contributed by atoms with E-state index < -0.39 is 5.97 Å². The van der Waals surface area contributed by atoms with Crippen molar-refractivity contribution in [3.8, 4) is 0 Å². The molecular weight excluding hydrogens is 226 g/mol. The third kappa shape index (κ3) is 2.50. The number of piperidine rings is 1. The van der Waals surface area contributed by atoms with Crippen molar-refractivity contribution in [2.75, 3.05) is 11.4 Å². The van der Waals surface area contributed by atoms with E-state index in [1.165, 1.54) is 6.42 Å². The third-order valence-corrected chi connectivity index (χ3v) is 4.04. The first-order valence-corrected chi connectivity index (χ1v) is 6.59. The van der Waals surface area contributed by atoms with Crippen LogP contribution in [0, 0.1) is 11.8 Å². The van der Waals surface area contributed by atoms with Crippen molar-refractivity contribution in [2.24, 2.45) is 11.8 Å². The van der Waals surface area contributed by atoms with Gasteiger partial charge in [0.2, 0.25) is 0 Å². The second kappa shape index (κ2) is 5.01. The fraction of sp³-hybridized carbons (Fsp3) is 0.533. The molecule has 0 radical (unpaired) electrons. The van der Waals surface area contributed by atoms with Crippen LogP contribution in [0.2, 0.25) is 0 Å². The van der Waals surface area contributed by atoms with E-state index in [9.17, 15) is 4.79 Å². The van der Waals surface area contributed by atoms with Crippen LogP contribution in [0.25, 0.3) is 0 Å². The fourth-order valence-electron chi connectivity index (χ4n) is 2.85. The van der Waals surface area contributed by atoms with Gasteiger partial charge in [-0.05, 0) is 49.4 Å². The summed E-state index contributed by atoms with van der Waals surface area (Å²) in [6.45, 7) is 7.87. The Hall–Kier alpha value is -1.51. The normalized spacial score (nSPS) is 28.2. The minimum atomic E-state index is -0.866. The van der Waals surface area contributed by atoms with Gasteiger partial charge in [0, 0.05) is 18.3 Å². The summed E-state index contributed by atoms with van der Waals surface area (Å²) >= 11 is 0. The molecule has 3 atom stereocenters. The fourth-order valence-corrected chi connectivity index (χ4v) is 2.85. The van der Waals surface area contributed by atoms with Crippen LogP contribution in [0.4, 0.5) is 5.69 Å². The zero-order valence-electron chi connectivity index (χ0n) is 11.3. The first kappa shape index (κ1) is 12.9. The maximum atomic E-state index is 10.8. The average Bonchev–Trinajstić information content (AvgIpc) is 2.34. The molecule has 0 aliphatic carbocycles. The van der Waals surface area contributed by atoms with Gasteiger partial charge in [-0.2, -0.15) is 0 Å². The summed E-state index contributed by atoms with van der Waals surface area (Å²) in [5, 5.41) is 8.91. The third-order valence-electron chi connectivity index (χ3n) is 4.04. The molecule has 1 heterocycles. The Morgan fingerprint density at radius 2 is 1.83 bits per heavy atom. The SMILES string of the molecule is CC1CC(C)C(C)N(c2ccc(C(=O)O)cc2)C1. The van der Waals surface area contributed by atoms with Crippen molar-refractivity contribution in [1.29, 1.82) is 0 Å². The molecule has 1 aliphatic rings. The Labute approximate surface area is 108 Å². The molecule has 3 nitrogen and oxygen atoms in total. The zero-order valence-corrected chi connectivity index (χ0v) is 11.3. The lowest BCUT2D eigenvalue weighted by atomic mass is 9.85. The highest BCUT2D eigenvalue weighted by Gasteiger charge is 2.28. The van der Waals surface area contributed by atoms with Crippen LogP contribution in [0.1, 0.15) is 37.6 Å². The molecule has 1 aliphatic heterocycles. The minimum absolute atomic E-state index is 0.351. The molecule has 0 spiro atoms. The predicted molar refractivity (Wildman–Crippen MR) is 73.2 cm³/mol. The minimum Gasteiger partial charge on any atom is -0.478 e. The van der Waals surface area contributed by atoms with E-state index in [2.05, 4.69) is 25.7 Å². The van der Waals surface area contributed by atoms with Gasteiger partial charge < -0.3 is 10.0 Å². The molecule has 98 valence electrons. The Morgan fingerprint density at radius 1 is 1.22 bits per heavy atom. The number of aromatic carboxylic acids is 1. The number of rotatable bonds is 2. The Bertz CT molecular complexity index is 427. The summed E-state index contributed by atoms with van der Waals surface area (Å²) in [5.74, 6) is 0.498. The molecular formula is C15H21NO2. The molecule has 0 saturated carbocycles. The van der Waals surface area contributed by atoms with E-state index >= 15 is 0 Å². The van der Waals surface area contributed by atoms with E-state index in [1.807, 2.05) is 12.1 Å². The number of hydrogen-bond donors (Lipinski definition) is 1. The first-order valence-electron chi connectivity index (χ1n) is 6.59. The van der Waals surface area contributed by atoms with Gasteiger partial charge in [-0.15, -0.1) is 0 Å². The van der Waals surface area contributed by atoms with Crippen molar-refractivity contribution in [1.82, 2.24) is 0 Å². The van der Waals surface area contributed by atoms with Crippen LogP contribution >= 0.6 is 0 Å². The number of benzene rings is 1. The van der Waals surface area contributed by atoms with Crippen LogP contribution in [-0.2, 0) is 0 Å². The molecule has 3 unspecified atom stereocenters. The van der Waals surface area contributed by atoms with Gasteiger partial charge in [-0.3, -0.25) is 0 Å². The quantitative estimate of drug-likeness (QED) is 0.872. The zero-order chi connectivity index (χ0) is 13.3. The molecule has 0 amide bonds. The summed E-state index contributed by atoms with van der Waals surface area (Å²) < 4.78 is 0. The average molecular weight is 247 g/mol. The molecule has 1 saturated heterocycles. The van der Waals surface area contributed by atoms with E-state index in [1.54, 1.807) is 12.1 Å². The number of carbonyl (C=O) groups is 1. The van der Waals surface area contributed by atoms with Gasteiger partial charge in [-0.1, -0.05) is 13.8 Å². The van der Waals surface area contributed by atoms with E-state index in [0.29, 0.717) is 23.4 Å². The van der Waals surface area contributed by atoms with Crippen molar-refractivity contribution < 1.29 is 9.90 Å². The lowest BCUT2D eigenvalue weighted by molar-refractivity contribution is 0.0697. The molecule has 0 aromatic heterocycles. The van der Waals surface area contributed by atoms with Crippen LogP contribution in [-0.4, -0.2) is 23.7 Å². The highest BCUT2D eigenvalue weighted by Crippen LogP contribution is 2.31. The largest absolute Gasteiger partial charge is 0.478 e. The number of nitrogens with zero attached hydrogens (tertiary/aromatic N) is 1. The Balaban J connectivity index is 2.21. The maximum Gasteiger partial charge on any atom is 0.335 e. The van der Waals surface area contributed by atoms with E-state index in [4.69, 9.17) is 5.11 Å².